The third kappa shape index (κ3) is 6.15. The van der Waals surface area contributed by atoms with Crippen molar-refractivity contribution in [3.8, 4) is 0 Å². The fourth-order valence-corrected chi connectivity index (χ4v) is 3.14. The van der Waals surface area contributed by atoms with Gasteiger partial charge in [-0.2, -0.15) is 0 Å². The van der Waals surface area contributed by atoms with E-state index in [9.17, 15) is 4.39 Å². The Morgan fingerprint density at radius 1 is 0.769 bits per heavy atom. The number of hydrogen-bond donors (Lipinski definition) is 0. The maximum absolute atomic E-state index is 13.4. The minimum Gasteiger partial charge on any atom is -0.207 e. The van der Waals surface area contributed by atoms with Crippen LogP contribution in [0.5, 0.6) is 0 Å². The molecular weight excluding hydrogens is 319 g/mol. The van der Waals surface area contributed by atoms with Crippen molar-refractivity contribution in [1.82, 2.24) is 0 Å². The lowest BCUT2D eigenvalue weighted by Gasteiger charge is -2.18. The van der Waals surface area contributed by atoms with Crippen LogP contribution in [0.15, 0.2) is 78.9 Å². The summed E-state index contributed by atoms with van der Waals surface area (Å²) in [6.07, 6.45) is 3.28. The minimum absolute atomic E-state index is 0.152. The zero-order valence-corrected chi connectivity index (χ0v) is 16.1. The van der Waals surface area contributed by atoms with Crippen LogP contribution in [0.4, 0.5) is 4.39 Å². The molecule has 26 heavy (non-hydrogen) atoms. The summed E-state index contributed by atoms with van der Waals surface area (Å²) in [5.41, 5.74) is 5.02. The molecule has 0 aliphatic carbocycles. The van der Waals surface area contributed by atoms with E-state index in [4.69, 9.17) is 0 Å². The molecule has 3 aromatic rings. The van der Waals surface area contributed by atoms with E-state index < -0.39 is 0 Å². The summed E-state index contributed by atoms with van der Waals surface area (Å²) in [5, 5.41) is 0. The summed E-state index contributed by atoms with van der Waals surface area (Å²) in [4.78, 5) is 0. The standard InChI is InChI=1S/C17H19F.C8H10/c1-3-6-17(14-8-4-7-13(2)11-14)15-9-5-10-16(18)12-15;1-2-8-6-4-3-5-7-8/h4-5,7-12,17H,3,6H2,1-2H3;3-7H,2H2,1H3. The first kappa shape index (κ1) is 19.9. The molecule has 0 aromatic heterocycles. The molecule has 0 saturated heterocycles. The van der Waals surface area contributed by atoms with Gasteiger partial charge in [0.25, 0.3) is 0 Å². The van der Waals surface area contributed by atoms with Crippen molar-refractivity contribution in [2.45, 2.75) is 46.0 Å². The van der Waals surface area contributed by atoms with Gasteiger partial charge in [-0.05, 0) is 48.6 Å². The lowest BCUT2D eigenvalue weighted by atomic mass is 9.87. The van der Waals surface area contributed by atoms with Gasteiger partial charge in [0.05, 0.1) is 0 Å². The molecule has 0 fully saturated rings. The molecule has 1 heteroatoms. The highest BCUT2D eigenvalue weighted by Crippen LogP contribution is 2.30. The smallest absolute Gasteiger partial charge is 0.123 e. The van der Waals surface area contributed by atoms with Crippen molar-refractivity contribution >= 4 is 0 Å². The van der Waals surface area contributed by atoms with Gasteiger partial charge in [0.15, 0.2) is 0 Å². The molecule has 1 atom stereocenters. The van der Waals surface area contributed by atoms with Crippen LogP contribution in [0.1, 0.15) is 54.9 Å². The molecule has 3 rings (SSSR count). The van der Waals surface area contributed by atoms with E-state index in [1.165, 1.54) is 22.8 Å². The zero-order valence-electron chi connectivity index (χ0n) is 16.1. The Morgan fingerprint density at radius 3 is 1.96 bits per heavy atom. The summed E-state index contributed by atoms with van der Waals surface area (Å²) < 4.78 is 13.4. The van der Waals surface area contributed by atoms with Gasteiger partial charge < -0.3 is 0 Å². The monoisotopic (exact) mass is 348 g/mol. The first-order valence-corrected chi connectivity index (χ1v) is 9.50. The van der Waals surface area contributed by atoms with Gasteiger partial charge in [0, 0.05) is 5.92 Å². The van der Waals surface area contributed by atoms with E-state index in [1.807, 2.05) is 12.1 Å². The normalized spacial score (nSPS) is 11.4. The van der Waals surface area contributed by atoms with Crippen LogP contribution in [0.3, 0.4) is 0 Å². The van der Waals surface area contributed by atoms with Crippen molar-refractivity contribution in [3.63, 3.8) is 0 Å². The lowest BCUT2D eigenvalue weighted by molar-refractivity contribution is 0.619. The van der Waals surface area contributed by atoms with Crippen molar-refractivity contribution in [2.75, 3.05) is 0 Å². The van der Waals surface area contributed by atoms with Crippen LogP contribution < -0.4 is 0 Å². The van der Waals surface area contributed by atoms with Crippen LogP contribution in [0, 0.1) is 12.7 Å². The Balaban J connectivity index is 0.000000254. The van der Waals surface area contributed by atoms with Crippen LogP contribution in [0.2, 0.25) is 0 Å². The van der Waals surface area contributed by atoms with Gasteiger partial charge in [-0.25, -0.2) is 4.39 Å². The summed E-state index contributed by atoms with van der Waals surface area (Å²) >= 11 is 0. The zero-order chi connectivity index (χ0) is 18.8. The minimum atomic E-state index is -0.152. The fraction of sp³-hybridized carbons (Fsp3) is 0.280. The second-order valence-corrected chi connectivity index (χ2v) is 6.65. The molecule has 0 saturated carbocycles. The first-order valence-electron chi connectivity index (χ1n) is 9.50. The predicted molar refractivity (Wildman–Crippen MR) is 110 cm³/mol. The summed E-state index contributed by atoms with van der Waals surface area (Å²) in [6.45, 7) is 6.43. The summed E-state index contributed by atoms with van der Waals surface area (Å²) in [7, 11) is 0. The third-order valence-electron chi connectivity index (χ3n) is 4.52. The molecule has 0 N–H and O–H groups in total. The van der Waals surface area contributed by atoms with Gasteiger partial charge in [-0.15, -0.1) is 0 Å². The maximum Gasteiger partial charge on any atom is 0.123 e. The number of benzene rings is 3. The van der Waals surface area contributed by atoms with E-state index in [1.54, 1.807) is 12.1 Å². The van der Waals surface area contributed by atoms with Crippen molar-refractivity contribution in [3.05, 3.63) is 107 Å². The SMILES string of the molecule is CCCC(c1cccc(C)c1)c1cccc(F)c1.CCc1ccccc1. The van der Waals surface area contributed by atoms with Gasteiger partial charge in [0.1, 0.15) is 5.82 Å². The molecule has 0 radical (unpaired) electrons. The summed E-state index contributed by atoms with van der Waals surface area (Å²) in [6, 6.07) is 25.9. The second kappa shape index (κ2) is 10.6. The molecule has 0 aliphatic heterocycles. The molecule has 0 heterocycles. The fourth-order valence-electron chi connectivity index (χ4n) is 3.14. The molecule has 0 spiro atoms. The Labute approximate surface area is 157 Å². The largest absolute Gasteiger partial charge is 0.207 e. The Morgan fingerprint density at radius 2 is 1.42 bits per heavy atom. The molecule has 1 unspecified atom stereocenters. The lowest BCUT2D eigenvalue weighted by Crippen LogP contribution is -2.01. The van der Waals surface area contributed by atoms with E-state index in [-0.39, 0.29) is 5.82 Å². The van der Waals surface area contributed by atoms with Crippen molar-refractivity contribution in [2.24, 2.45) is 0 Å². The molecule has 0 bridgehead atoms. The highest BCUT2D eigenvalue weighted by Gasteiger charge is 2.13. The van der Waals surface area contributed by atoms with Gasteiger partial charge in [0.2, 0.25) is 0 Å². The Kier molecular flexibility index (Phi) is 8.08. The van der Waals surface area contributed by atoms with E-state index >= 15 is 0 Å². The quantitative estimate of drug-likeness (QED) is 0.453. The molecule has 0 amide bonds. The topological polar surface area (TPSA) is 0 Å². The van der Waals surface area contributed by atoms with Crippen LogP contribution >= 0.6 is 0 Å². The van der Waals surface area contributed by atoms with Gasteiger partial charge in [-0.3, -0.25) is 0 Å². The second-order valence-electron chi connectivity index (χ2n) is 6.65. The summed E-state index contributed by atoms with van der Waals surface area (Å²) in [5.74, 6) is 0.145. The average molecular weight is 349 g/mol. The predicted octanol–water partition coefficient (Wildman–Crippen LogP) is 7.32. The average Bonchev–Trinajstić information content (AvgIpc) is 2.67. The Bertz CT molecular complexity index is 731. The van der Waals surface area contributed by atoms with Crippen molar-refractivity contribution < 1.29 is 4.39 Å². The number of rotatable bonds is 5. The van der Waals surface area contributed by atoms with Crippen LogP contribution in [-0.2, 0) is 6.42 Å². The molecule has 0 nitrogen and oxygen atoms in total. The van der Waals surface area contributed by atoms with E-state index in [2.05, 4.69) is 69.3 Å². The first-order chi connectivity index (χ1) is 12.6. The number of hydrogen-bond acceptors (Lipinski definition) is 0. The number of halogens is 1. The molecule has 136 valence electrons. The highest BCUT2D eigenvalue weighted by molar-refractivity contribution is 5.34. The number of aryl methyl sites for hydroxylation is 2. The van der Waals surface area contributed by atoms with E-state index in [0.717, 1.165) is 24.8 Å². The third-order valence-corrected chi connectivity index (χ3v) is 4.52. The molecule has 0 aliphatic rings. The molecular formula is C25H29F. The van der Waals surface area contributed by atoms with Crippen LogP contribution in [-0.4, -0.2) is 0 Å². The van der Waals surface area contributed by atoms with Crippen molar-refractivity contribution in [1.29, 1.82) is 0 Å². The molecule has 3 aromatic carbocycles. The van der Waals surface area contributed by atoms with Gasteiger partial charge in [-0.1, -0.05) is 92.6 Å². The highest BCUT2D eigenvalue weighted by atomic mass is 19.1. The van der Waals surface area contributed by atoms with E-state index in [0.29, 0.717) is 5.92 Å². The van der Waals surface area contributed by atoms with Gasteiger partial charge >= 0.3 is 0 Å². The van der Waals surface area contributed by atoms with Crippen LogP contribution in [0.25, 0.3) is 0 Å². The maximum atomic E-state index is 13.4. The Hall–Kier alpha value is -2.41.